The van der Waals surface area contributed by atoms with E-state index in [2.05, 4.69) is 10.2 Å². The highest BCUT2D eigenvalue weighted by molar-refractivity contribution is 6.31. The van der Waals surface area contributed by atoms with Crippen LogP contribution in [0.1, 0.15) is 5.56 Å². The average molecular weight is 412 g/mol. The summed E-state index contributed by atoms with van der Waals surface area (Å²) in [6, 6.07) is 15.1. The van der Waals surface area contributed by atoms with Crippen LogP contribution < -0.4 is 15.0 Å². The summed E-state index contributed by atoms with van der Waals surface area (Å²) in [6.07, 6.45) is 0. The number of ether oxygens (including phenoxy) is 2. The van der Waals surface area contributed by atoms with Crippen molar-refractivity contribution in [3.8, 4) is 5.75 Å². The molecule has 1 aliphatic rings. The number of pyridine rings is 1. The number of fused-ring (bicyclic) bond motifs is 1. The number of carbonyl (C=O) groups is 1. The van der Waals surface area contributed by atoms with Crippen LogP contribution >= 0.6 is 11.6 Å². The lowest BCUT2D eigenvalue weighted by Crippen LogP contribution is -2.36. The molecule has 1 aromatic heterocycles. The third-order valence-electron chi connectivity index (χ3n) is 4.82. The van der Waals surface area contributed by atoms with E-state index in [1.165, 1.54) is 0 Å². The van der Waals surface area contributed by atoms with E-state index in [0.717, 1.165) is 35.4 Å². The van der Waals surface area contributed by atoms with Crippen molar-refractivity contribution >= 4 is 39.9 Å². The number of halogens is 1. The van der Waals surface area contributed by atoms with Crippen LogP contribution in [0, 0.1) is 6.92 Å². The largest absolute Gasteiger partial charge is 0.481 e. The molecule has 2 aromatic carbocycles. The molecule has 0 unspecified atom stereocenters. The Labute approximate surface area is 174 Å². The number of aromatic nitrogens is 1. The van der Waals surface area contributed by atoms with Gasteiger partial charge < -0.3 is 19.7 Å². The fourth-order valence-corrected chi connectivity index (χ4v) is 3.39. The molecular weight excluding hydrogens is 390 g/mol. The van der Waals surface area contributed by atoms with Crippen LogP contribution in [-0.4, -0.2) is 43.8 Å². The predicted molar refractivity (Wildman–Crippen MR) is 115 cm³/mol. The van der Waals surface area contributed by atoms with Crippen molar-refractivity contribution in [3.63, 3.8) is 0 Å². The molecule has 0 saturated carbocycles. The monoisotopic (exact) mass is 411 g/mol. The zero-order valence-electron chi connectivity index (χ0n) is 16.2. The third-order valence-corrected chi connectivity index (χ3v) is 5.23. The number of benzene rings is 2. The second-order valence-corrected chi connectivity index (χ2v) is 7.30. The van der Waals surface area contributed by atoms with Gasteiger partial charge in [0.05, 0.1) is 13.2 Å². The number of aryl methyl sites for hydroxylation is 1. The van der Waals surface area contributed by atoms with E-state index < -0.39 is 0 Å². The van der Waals surface area contributed by atoms with Gasteiger partial charge in [0.2, 0.25) is 0 Å². The normalized spacial score (nSPS) is 14.1. The van der Waals surface area contributed by atoms with Crippen molar-refractivity contribution in [1.82, 2.24) is 4.98 Å². The summed E-state index contributed by atoms with van der Waals surface area (Å²) in [5.41, 5.74) is 2.33. The Morgan fingerprint density at radius 3 is 2.83 bits per heavy atom. The number of hydrogen-bond acceptors (Lipinski definition) is 5. The maximum absolute atomic E-state index is 12.3. The first-order valence-electron chi connectivity index (χ1n) is 9.51. The summed E-state index contributed by atoms with van der Waals surface area (Å²) >= 11 is 6.11. The van der Waals surface area contributed by atoms with Gasteiger partial charge in [0.15, 0.2) is 6.61 Å². The van der Waals surface area contributed by atoms with Crippen molar-refractivity contribution in [2.24, 2.45) is 0 Å². The predicted octanol–water partition coefficient (Wildman–Crippen LogP) is 4.05. The maximum atomic E-state index is 12.3. The molecular formula is C22H22ClN3O3. The number of morpholine rings is 1. The highest BCUT2D eigenvalue weighted by atomic mass is 35.5. The van der Waals surface area contributed by atoms with Gasteiger partial charge in [-0.25, -0.2) is 4.98 Å². The number of hydrogen-bond donors (Lipinski definition) is 1. The van der Waals surface area contributed by atoms with Crippen LogP contribution in [0.25, 0.3) is 10.9 Å². The fourth-order valence-electron chi connectivity index (χ4n) is 3.21. The number of nitrogens with one attached hydrogen (secondary N) is 1. The van der Waals surface area contributed by atoms with Crippen molar-refractivity contribution in [1.29, 1.82) is 0 Å². The first-order chi connectivity index (χ1) is 14.1. The minimum absolute atomic E-state index is 0.117. The number of amides is 1. The second-order valence-electron chi connectivity index (χ2n) is 6.90. The average Bonchev–Trinajstić information content (AvgIpc) is 2.75. The van der Waals surface area contributed by atoms with Crippen LogP contribution in [0.2, 0.25) is 5.02 Å². The summed E-state index contributed by atoms with van der Waals surface area (Å²) in [7, 11) is 0. The van der Waals surface area contributed by atoms with E-state index in [0.29, 0.717) is 29.7 Å². The van der Waals surface area contributed by atoms with Gasteiger partial charge in [0.25, 0.3) is 5.91 Å². The molecule has 29 heavy (non-hydrogen) atoms. The van der Waals surface area contributed by atoms with E-state index in [4.69, 9.17) is 26.1 Å². The van der Waals surface area contributed by atoms with Crippen molar-refractivity contribution < 1.29 is 14.3 Å². The second kappa shape index (κ2) is 8.68. The van der Waals surface area contributed by atoms with E-state index in [1.807, 2.05) is 49.4 Å². The molecule has 7 heteroatoms. The minimum Gasteiger partial charge on any atom is -0.481 e. The SMILES string of the molecule is Cc1ccc(NC(=O)COc2cccc3ccc(N4CCOCC4)nc23)cc1Cl. The Kier molecular flexibility index (Phi) is 5.83. The number of nitrogens with zero attached hydrogens (tertiary/aromatic N) is 2. The van der Waals surface area contributed by atoms with Gasteiger partial charge in [0, 0.05) is 29.2 Å². The van der Waals surface area contributed by atoms with Crippen LogP contribution in [-0.2, 0) is 9.53 Å². The number of carbonyl (C=O) groups excluding carboxylic acids is 1. The standard InChI is InChI=1S/C22H22ClN3O3/c1-15-5-7-17(13-18(15)23)24-21(27)14-29-19-4-2-3-16-6-8-20(25-22(16)19)26-9-11-28-12-10-26/h2-8,13H,9-12,14H2,1H3,(H,24,27). The molecule has 0 aliphatic carbocycles. The van der Waals surface area contributed by atoms with Crippen LogP contribution in [0.5, 0.6) is 5.75 Å². The molecule has 1 amide bonds. The zero-order valence-corrected chi connectivity index (χ0v) is 16.9. The molecule has 1 aliphatic heterocycles. The number of anilines is 2. The van der Waals surface area contributed by atoms with E-state index in [9.17, 15) is 4.79 Å². The van der Waals surface area contributed by atoms with Gasteiger partial charge in [-0.1, -0.05) is 29.8 Å². The molecule has 1 N–H and O–H groups in total. The Hall–Kier alpha value is -2.83. The highest BCUT2D eigenvalue weighted by Crippen LogP contribution is 2.27. The topological polar surface area (TPSA) is 63.7 Å². The number of rotatable bonds is 5. The lowest BCUT2D eigenvalue weighted by atomic mass is 10.2. The molecule has 2 heterocycles. The van der Waals surface area contributed by atoms with Gasteiger partial charge in [-0.3, -0.25) is 4.79 Å². The van der Waals surface area contributed by atoms with Crippen molar-refractivity contribution in [3.05, 3.63) is 59.1 Å². The maximum Gasteiger partial charge on any atom is 0.262 e. The Morgan fingerprint density at radius 2 is 2.03 bits per heavy atom. The first-order valence-corrected chi connectivity index (χ1v) is 9.89. The van der Waals surface area contributed by atoms with Gasteiger partial charge >= 0.3 is 0 Å². The Balaban J connectivity index is 1.48. The molecule has 0 bridgehead atoms. The zero-order chi connectivity index (χ0) is 20.2. The van der Waals surface area contributed by atoms with Crippen LogP contribution in [0.4, 0.5) is 11.5 Å². The molecule has 0 atom stereocenters. The lowest BCUT2D eigenvalue weighted by Gasteiger charge is -2.28. The Morgan fingerprint density at radius 1 is 1.21 bits per heavy atom. The van der Waals surface area contributed by atoms with Gasteiger partial charge in [-0.15, -0.1) is 0 Å². The summed E-state index contributed by atoms with van der Waals surface area (Å²) in [6.45, 7) is 4.80. The molecule has 0 radical (unpaired) electrons. The summed E-state index contributed by atoms with van der Waals surface area (Å²) in [5.74, 6) is 1.21. The lowest BCUT2D eigenvalue weighted by molar-refractivity contribution is -0.118. The third kappa shape index (κ3) is 4.60. The molecule has 150 valence electrons. The Bertz CT molecular complexity index is 1030. The molecule has 1 saturated heterocycles. The fraction of sp³-hybridized carbons (Fsp3) is 0.273. The van der Waals surface area contributed by atoms with Gasteiger partial charge in [-0.2, -0.15) is 0 Å². The minimum atomic E-state index is -0.258. The quantitative estimate of drug-likeness (QED) is 0.686. The van der Waals surface area contributed by atoms with E-state index in [-0.39, 0.29) is 12.5 Å². The first kappa shape index (κ1) is 19.5. The highest BCUT2D eigenvalue weighted by Gasteiger charge is 2.14. The summed E-state index contributed by atoms with van der Waals surface area (Å²) in [5, 5.41) is 4.37. The summed E-state index contributed by atoms with van der Waals surface area (Å²) in [4.78, 5) is 19.3. The molecule has 1 fully saturated rings. The van der Waals surface area contributed by atoms with Gasteiger partial charge in [0.1, 0.15) is 17.1 Å². The summed E-state index contributed by atoms with van der Waals surface area (Å²) < 4.78 is 11.2. The molecule has 6 nitrogen and oxygen atoms in total. The molecule has 3 aromatic rings. The van der Waals surface area contributed by atoms with E-state index in [1.54, 1.807) is 6.07 Å². The smallest absolute Gasteiger partial charge is 0.262 e. The van der Waals surface area contributed by atoms with E-state index >= 15 is 0 Å². The van der Waals surface area contributed by atoms with Crippen molar-refractivity contribution in [2.45, 2.75) is 6.92 Å². The van der Waals surface area contributed by atoms with Gasteiger partial charge in [-0.05, 0) is 42.8 Å². The van der Waals surface area contributed by atoms with Crippen LogP contribution in [0.3, 0.4) is 0 Å². The van der Waals surface area contributed by atoms with Crippen LogP contribution in [0.15, 0.2) is 48.5 Å². The molecule has 4 rings (SSSR count). The van der Waals surface area contributed by atoms with Crippen molar-refractivity contribution in [2.75, 3.05) is 43.1 Å². The number of para-hydroxylation sites is 1. The molecule has 0 spiro atoms.